The zero-order valence-corrected chi connectivity index (χ0v) is 24.7. The number of primary amides is 1. The molecule has 0 bridgehead atoms. The Labute approximate surface area is 253 Å². The second-order valence-electron chi connectivity index (χ2n) is 10.6. The number of nitrogens with two attached hydrogens (primary N) is 2. The molecule has 1 amide bonds. The van der Waals surface area contributed by atoms with E-state index in [4.69, 9.17) is 23.1 Å². The maximum atomic E-state index is 13.8. The summed E-state index contributed by atoms with van der Waals surface area (Å²) < 4.78 is 69.2. The molecule has 2 fully saturated rings. The van der Waals surface area contributed by atoms with Gasteiger partial charge in [0.1, 0.15) is 11.0 Å². The molecule has 0 radical (unpaired) electrons. The van der Waals surface area contributed by atoms with E-state index in [-0.39, 0.29) is 35.0 Å². The summed E-state index contributed by atoms with van der Waals surface area (Å²) in [5.74, 6) is -0.515. The summed E-state index contributed by atoms with van der Waals surface area (Å²) in [5, 5.41) is 3.02. The van der Waals surface area contributed by atoms with Gasteiger partial charge in [0.15, 0.2) is 0 Å². The van der Waals surface area contributed by atoms with E-state index in [1.165, 1.54) is 16.4 Å². The van der Waals surface area contributed by atoms with Crippen LogP contribution < -0.4 is 21.7 Å². The summed E-state index contributed by atoms with van der Waals surface area (Å²) in [6, 6.07) is 12.6. The predicted octanol–water partition coefficient (Wildman–Crippen LogP) is 4.00. The third kappa shape index (κ3) is 6.36. The number of alkyl halides is 3. The van der Waals surface area contributed by atoms with Crippen molar-refractivity contribution in [2.24, 2.45) is 11.5 Å². The van der Waals surface area contributed by atoms with Crippen molar-refractivity contribution in [3.05, 3.63) is 76.4 Å². The van der Waals surface area contributed by atoms with Gasteiger partial charge in [-0.1, -0.05) is 35.9 Å². The average molecular weight is 637 g/mol. The molecule has 5 rings (SSSR count). The molecular formula is C29H32ClF3N6O3S. The normalized spacial score (nSPS) is 19.1. The van der Waals surface area contributed by atoms with Crippen LogP contribution in [0.5, 0.6) is 0 Å². The van der Waals surface area contributed by atoms with Crippen LogP contribution in [0.25, 0.3) is 11.1 Å². The lowest BCUT2D eigenvalue weighted by Gasteiger charge is -2.53. The summed E-state index contributed by atoms with van der Waals surface area (Å²) in [4.78, 5) is 18.2. The number of anilines is 1. The van der Waals surface area contributed by atoms with Crippen molar-refractivity contribution >= 4 is 33.3 Å². The molecule has 3 aromatic rings. The molecule has 43 heavy (non-hydrogen) atoms. The number of aromatic nitrogens is 1. The Hall–Kier alpha value is -3.23. The van der Waals surface area contributed by atoms with E-state index in [0.717, 1.165) is 24.1 Å². The first kappa shape index (κ1) is 31.2. The van der Waals surface area contributed by atoms with Gasteiger partial charge in [-0.2, -0.15) is 17.5 Å². The van der Waals surface area contributed by atoms with Crippen molar-refractivity contribution in [1.82, 2.24) is 14.6 Å². The average Bonchev–Trinajstić information content (AvgIpc) is 2.94. The maximum absolute atomic E-state index is 13.8. The van der Waals surface area contributed by atoms with E-state index in [1.807, 2.05) is 6.07 Å². The zero-order chi connectivity index (χ0) is 30.9. The van der Waals surface area contributed by atoms with Crippen molar-refractivity contribution in [1.29, 1.82) is 0 Å². The van der Waals surface area contributed by atoms with E-state index in [9.17, 15) is 26.4 Å². The van der Waals surface area contributed by atoms with Crippen LogP contribution in [-0.2, 0) is 22.7 Å². The molecule has 1 saturated carbocycles. The number of nitrogens with zero attached hydrogens (tertiary/aromatic N) is 3. The van der Waals surface area contributed by atoms with Gasteiger partial charge in [0.2, 0.25) is 15.9 Å². The van der Waals surface area contributed by atoms with E-state index >= 15 is 0 Å². The van der Waals surface area contributed by atoms with Crippen LogP contribution in [0, 0.1) is 0 Å². The number of nitrogens with one attached hydrogen (secondary N) is 1. The van der Waals surface area contributed by atoms with Gasteiger partial charge in [-0.25, -0.2) is 13.4 Å². The van der Waals surface area contributed by atoms with Gasteiger partial charge in [-0.05, 0) is 79.4 Å². The fourth-order valence-corrected chi connectivity index (χ4v) is 7.63. The van der Waals surface area contributed by atoms with Crippen molar-refractivity contribution < 1.29 is 26.4 Å². The summed E-state index contributed by atoms with van der Waals surface area (Å²) >= 11 is 5.91. The first-order valence-electron chi connectivity index (χ1n) is 13.9. The van der Waals surface area contributed by atoms with Gasteiger partial charge in [-0.15, -0.1) is 0 Å². The van der Waals surface area contributed by atoms with E-state index in [1.54, 1.807) is 29.2 Å². The number of amides is 1. The van der Waals surface area contributed by atoms with Crippen molar-refractivity contribution in [2.75, 3.05) is 31.1 Å². The zero-order valence-electron chi connectivity index (χ0n) is 23.1. The van der Waals surface area contributed by atoms with E-state index in [0.29, 0.717) is 49.2 Å². The summed E-state index contributed by atoms with van der Waals surface area (Å²) in [5.41, 5.74) is 12.8. The second kappa shape index (κ2) is 12.4. The molecule has 2 aromatic carbocycles. The lowest BCUT2D eigenvalue weighted by Crippen LogP contribution is -2.66. The van der Waals surface area contributed by atoms with Crippen molar-refractivity contribution in [3.63, 3.8) is 0 Å². The van der Waals surface area contributed by atoms with Gasteiger partial charge in [-0.3, -0.25) is 4.79 Å². The Morgan fingerprint density at radius 1 is 1.07 bits per heavy atom. The molecule has 9 nitrogen and oxygen atoms in total. The SMILES string of the molecule is NCCCNCc1cccc(C(N)=O)c1-c1ccc(S(=O)(=O)N2CCN(c3cc(C(F)(F)F)cc(Cl)n3)C3CCC32)cc1. The molecule has 2 atom stereocenters. The third-order valence-electron chi connectivity index (χ3n) is 7.97. The van der Waals surface area contributed by atoms with Crippen LogP contribution in [0.2, 0.25) is 5.15 Å². The number of hydrogen-bond donors (Lipinski definition) is 3. The topological polar surface area (TPSA) is 135 Å². The van der Waals surface area contributed by atoms with Gasteiger partial charge >= 0.3 is 6.18 Å². The highest BCUT2D eigenvalue weighted by molar-refractivity contribution is 7.89. The summed E-state index contributed by atoms with van der Waals surface area (Å²) in [7, 11) is -3.93. The smallest absolute Gasteiger partial charge is 0.366 e. The number of carbonyl (C=O) groups is 1. The maximum Gasteiger partial charge on any atom is 0.416 e. The third-order valence-corrected chi connectivity index (χ3v) is 10.1. The van der Waals surface area contributed by atoms with Crippen LogP contribution in [-0.4, -0.2) is 61.9 Å². The minimum atomic E-state index is -4.59. The first-order chi connectivity index (χ1) is 20.4. The quantitative estimate of drug-likeness (QED) is 0.226. The Kier molecular flexibility index (Phi) is 9.00. The monoisotopic (exact) mass is 636 g/mol. The Morgan fingerprint density at radius 2 is 1.79 bits per heavy atom. The van der Waals surface area contributed by atoms with Crippen molar-refractivity contribution in [3.8, 4) is 11.1 Å². The highest BCUT2D eigenvalue weighted by atomic mass is 35.5. The molecule has 0 spiro atoms. The number of fused-ring (bicyclic) bond motifs is 1. The first-order valence-corrected chi connectivity index (χ1v) is 15.7. The lowest BCUT2D eigenvalue weighted by atomic mass is 9.83. The lowest BCUT2D eigenvalue weighted by molar-refractivity contribution is -0.137. The molecule has 14 heteroatoms. The van der Waals surface area contributed by atoms with Crippen LogP contribution in [0.4, 0.5) is 19.0 Å². The van der Waals surface area contributed by atoms with Gasteiger partial charge in [0.25, 0.3) is 0 Å². The van der Waals surface area contributed by atoms with Crippen LogP contribution in [0.1, 0.15) is 40.7 Å². The number of hydrogen-bond acceptors (Lipinski definition) is 7. The molecule has 1 aliphatic carbocycles. The van der Waals surface area contributed by atoms with Crippen LogP contribution in [0.15, 0.2) is 59.5 Å². The number of piperazine rings is 1. The molecule has 2 aliphatic rings. The fourth-order valence-electron chi connectivity index (χ4n) is 5.75. The largest absolute Gasteiger partial charge is 0.416 e. The van der Waals surface area contributed by atoms with Crippen LogP contribution >= 0.6 is 11.6 Å². The molecule has 1 saturated heterocycles. The Bertz CT molecular complexity index is 1600. The number of sulfonamides is 1. The molecule has 1 aliphatic heterocycles. The van der Waals surface area contributed by atoms with Gasteiger partial charge < -0.3 is 21.7 Å². The molecule has 2 unspecified atom stereocenters. The highest BCUT2D eigenvalue weighted by Gasteiger charge is 2.48. The number of halogens is 4. The standard InChI is InChI=1S/C29H32ClF3N6O3S/c30-25-15-20(29(31,32)33)16-26(37-25)38-13-14-39(24-10-9-23(24)38)43(41,42)21-7-5-18(6-8-21)27-19(17-36-12-2-11-34)3-1-4-22(27)28(35)40/h1,3-8,15-16,23-24,36H,2,9-14,17,34H2,(H2,35,40). The Balaban J connectivity index is 1.38. The van der Waals surface area contributed by atoms with Gasteiger partial charge in [0, 0.05) is 37.3 Å². The predicted molar refractivity (Wildman–Crippen MR) is 158 cm³/mol. The minimum absolute atomic E-state index is 0.0733. The minimum Gasteiger partial charge on any atom is -0.366 e. The molecule has 1 aromatic heterocycles. The fraction of sp³-hybridized carbons (Fsp3) is 0.379. The molecular weight excluding hydrogens is 605 g/mol. The van der Waals surface area contributed by atoms with Gasteiger partial charge in [0.05, 0.1) is 10.5 Å². The van der Waals surface area contributed by atoms with E-state index < -0.39 is 33.7 Å². The van der Waals surface area contributed by atoms with Crippen LogP contribution in [0.3, 0.4) is 0 Å². The molecule has 5 N–H and O–H groups in total. The number of carbonyl (C=O) groups excluding carboxylic acids is 1. The summed E-state index contributed by atoms with van der Waals surface area (Å²) in [6.07, 6.45) is -2.62. The second-order valence-corrected chi connectivity index (χ2v) is 12.9. The molecule has 230 valence electrons. The van der Waals surface area contributed by atoms with E-state index in [2.05, 4.69) is 10.3 Å². The number of pyridine rings is 1. The Morgan fingerprint density at radius 3 is 2.42 bits per heavy atom. The molecule has 2 heterocycles. The van der Waals surface area contributed by atoms with Crippen molar-refractivity contribution in [2.45, 2.75) is 49.0 Å². The summed E-state index contributed by atoms with van der Waals surface area (Å²) in [6.45, 7) is 1.94. The number of benzene rings is 2. The highest BCUT2D eigenvalue weighted by Crippen LogP contribution is 2.41. The number of rotatable bonds is 10.